The van der Waals surface area contributed by atoms with Crippen LogP contribution in [0.1, 0.15) is 29.9 Å². The van der Waals surface area contributed by atoms with Crippen molar-refractivity contribution in [1.29, 1.82) is 0 Å². The molecule has 0 aliphatic rings. The molecule has 1 aromatic heterocycles. The van der Waals surface area contributed by atoms with E-state index in [1.54, 1.807) is 0 Å². The van der Waals surface area contributed by atoms with E-state index in [4.69, 9.17) is 0 Å². The Morgan fingerprint density at radius 1 is 1.28 bits per heavy atom. The summed E-state index contributed by atoms with van der Waals surface area (Å²) in [7, 11) is 0. The van der Waals surface area contributed by atoms with E-state index < -0.39 is 0 Å². The van der Waals surface area contributed by atoms with E-state index in [2.05, 4.69) is 53.0 Å². The SMILES string of the molecule is Cc1ccccc1C(C)NCCn1ccnc1C. The zero-order valence-corrected chi connectivity index (χ0v) is 11.4. The Morgan fingerprint density at radius 2 is 2.06 bits per heavy atom. The van der Waals surface area contributed by atoms with Gasteiger partial charge in [-0.05, 0) is 31.9 Å². The number of hydrogen-bond donors (Lipinski definition) is 1. The summed E-state index contributed by atoms with van der Waals surface area (Å²) in [6, 6.07) is 8.92. The van der Waals surface area contributed by atoms with Gasteiger partial charge < -0.3 is 9.88 Å². The molecule has 3 nitrogen and oxygen atoms in total. The molecule has 1 N–H and O–H groups in total. The minimum Gasteiger partial charge on any atom is -0.334 e. The van der Waals surface area contributed by atoms with Gasteiger partial charge in [0.1, 0.15) is 5.82 Å². The molecule has 1 aromatic carbocycles. The summed E-state index contributed by atoms with van der Waals surface area (Å²) in [5.41, 5.74) is 2.72. The highest BCUT2D eigenvalue weighted by Crippen LogP contribution is 2.16. The molecule has 0 bridgehead atoms. The van der Waals surface area contributed by atoms with Crippen LogP contribution in [0.5, 0.6) is 0 Å². The average molecular weight is 243 g/mol. The van der Waals surface area contributed by atoms with Crippen molar-refractivity contribution in [2.75, 3.05) is 6.54 Å². The predicted molar refractivity (Wildman–Crippen MR) is 74.6 cm³/mol. The third-order valence-corrected chi connectivity index (χ3v) is 3.38. The molecule has 0 spiro atoms. The maximum atomic E-state index is 4.22. The zero-order valence-electron chi connectivity index (χ0n) is 11.4. The van der Waals surface area contributed by atoms with Crippen molar-refractivity contribution >= 4 is 0 Å². The van der Waals surface area contributed by atoms with Crippen LogP contribution in [-0.4, -0.2) is 16.1 Å². The van der Waals surface area contributed by atoms with Gasteiger partial charge >= 0.3 is 0 Å². The molecule has 0 aliphatic carbocycles. The van der Waals surface area contributed by atoms with Crippen LogP contribution in [0.15, 0.2) is 36.7 Å². The number of benzene rings is 1. The first-order valence-electron chi connectivity index (χ1n) is 6.45. The van der Waals surface area contributed by atoms with Crippen molar-refractivity contribution in [2.45, 2.75) is 33.4 Å². The van der Waals surface area contributed by atoms with Gasteiger partial charge in [-0.3, -0.25) is 0 Å². The maximum absolute atomic E-state index is 4.22. The first kappa shape index (κ1) is 12.8. The fourth-order valence-corrected chi connectivity index (χ4v) is 2.22. The summed E-state index contributed by atoms with van der Waals surface area (Å²) in [6.07, 6.45) is 3.87. The minimum absolute atomic E-state index is 0.384. The lowest BCUT2D eigenvalue weighted by Gasteiger charge is -2.17. The highest BCUT2D eigenvalue weighted by Gasteiger charge is 2.06. The summed E-state index contributed by atoms with van der Waals surface area (Å²) in [5.74, 6) is 1.07. The lowest BCUT2D eigenvalue weighted by Crippen LogP contribution is -2.24. The minimum atomic E-state index is 0.384. The van der Waals surface area contributed by atoms with Crippen LogP contribution in [0.4, 0.5) is 0 Å². The monoisotopic (exact) mass is 243 g/mol. The van der Waals surface area contributed by atoms with Crippen LogP contribution in [0, 0.1) is 13.8 Å². The molecule has 1 atom stereocenters. The number of nitrogens with zero attached hydrogens (tertiary/aromatic N) is 2. The quantitative estimate of drug-likeness (QED) is 0.875. The van der Waals surface area contributed by atoms with E-state index in [1.165, 1.54) is 11.1 Å². The molecule has 0 fully saturated rings. The largest absolute Gasteiger partial charge is 0.334 e. The molecule has 96 valence electrons. The topological polar surface area (TPSA) is 29.9 Å². The van der Waals surface area contributed by atoms with E-state index in [-0.39, 0.29) is 0 Å². The van der Waals surface area contributed by atoms with Crippen molar-refractivity contribution in [3.63, 3.8) is 0 Å². The molecule has 0 saturated carbocycles. The first-order valence-corrected chi connectivity index (χ1v) is 6.45. The van der Waals surface area contributed by atoms with E-state index >= 15 is 0 Å². The highest BCUT2D eigenvalue weighted by molar-refractivity contribution is 5.28. The molecular weight excluding hydrogens is 222 g/mol. The van der Waals surface area contributed by atoms with Crippen LogP contribution in [-0.2, 0) is 6.54 Å². The Hall–Kier alpha value is -1.61. The lowest BCUT2D eigenvalue weighted by molar-refractivity contribution is 0.525. The average Bonchev–Trinajstić information content (AvgIpc) is 2.75. The maximum Gasteiger partial charge on any atom is 0.105 e. The van der Waals surface area contributed by atoms with Crippen LogP contribution in [0.25, 0.3) is 0 Å². The fraction of sp³-hybridized carbons (Fsp3) is 0.400. The second-order valence-electron chi connectivity index (χ2n) is 4.70. The molecule has 3 heteroatoms. The van der Waals surface area contributed by atoms with Gasteiger partial charge in [-0.15, -0.1) is 0 Å². The Morgan fingerprint density at radius 3 is 2.72 bits per heavy atom. The van der Waals surface area contributed by atoms with Crippen LogP contribution in [0.3, 0.4) is 0 Å². The van der Waals surface area contributed by atoms with E-state index in [9.17, 15) is 0 Å². The van der Waals surface area contributed by atoms with Crippen molar-refractivity contribution in [3.8, 4) is 0 Å². The molecule has 1 unspecified atom stereocenters. The number of aromatic nitrogens is 2. The summed E-state index contributed by atoms with van der Waals surface area (Å²) in [5, 5.41) is 3.56. The van der Waals surface area contributed by atoms with E-state index in [0.717, 1.165) is 18.9 Å². The van der Waals surface area contributed by atoms with E-state index in [0.29, 0.717) is 6.04 Å². The number of hydrogen-bond acceptors (Lipinski definition) is 2. The predicted octanol–water partition coefficient (Wildman–Crippen LogP) is 2.85. The fourth-order valence-electron chi connectivity index (χ4n) is 2.22. The molecule has 0 amide bonds. The van der Waals surface area contributed by atoms with Gasteiger partial charge in [-0.2, -0.15) is 0 Å². The lowest BCUT2D eigenvalue weighted by atomic mass is 10.0. The highest BCUT2D eigenvalue weighted by atomic mass is 15.1. The zero-order chi connectivity index (χ0) is 13.0. The van der Waals surface area contributed by atoms with Gasteiger partial charge in [0, 0.05) is 31.5 Å². The Balaban J connectivity index is 1.87. The molecule has 18 heavy (non-hydrogen) atoms. The van der Waals surface area contributed by atoms with Crippen molar-refractivity contribution in [1.82, 2.24) is 14.9 Å². The molecule has 2 rings (SSSR count). The third-order valence-electron chi connectivity index (χ3n) is 3.38. The Bertz CT molecular complexity index is 502. The number of imidazole rings is 1. The van der Waals surface area contributed by atoms with Gasteiger partial charge in [0.15, 0.2) is 0 Å². The van der Waals surface area contributed by atoms with Crippen molar-refractivity contribution in [2.24, 2.45) is 0 Å². The first-order chi connectivity index (χ1) is 8.68. The second kappa shape index (κ2) is 5.83. The second-order valence-corrected chi connectivity index (χ2v) is 4.70. The van der Waals surface area contributed by atoms with Crippen molar-refractivity contribution in [3.05, 3.63) is 53.6 Å². The van der Waals surface area contributed by atoms with Gasteiger partial charge in [-0.25, -0.2) is 4.98 Å². The Labute approximate surface area is 109 Å². The van der Waals surface area contributed by atoms with E-state index in [1.807, 2.05) is 19.3 Å². The summed E-state index contributed by atoms with van der Waals surface area (Å²) in [4.78, 5) is 4.22. The number of nitrogens with one attached hydrogen (secondary N) is 1. The van der Waals surface area contributed by atoms with Gasteiger partial charge in [-0.1, -0.05) is 24.3 Å². The van der Waals surface area contributed by atoms with Gasteiger partial charge in [0.05, 0.1) is 0 Å². The molecule has 0 saturated heterocycles. The molecule has 0 radical (unpaired) electrons. The third kappa shape index (κ3) is 2.99. The molecule has 1 heterocycles. The summed E-state index contributed by atoms with van der Waals surface area (Å²) < 4.78 is 2.16. The molecular formula is C15H21N3. The molecule has 0 aliphatic heterocycles. The van der Waals surface area contributed by atoms with Gasteiger partial charge in [0.2, 0.25) is 0 Å². The summed E-state index contributed by atoms with van der Waals surface area (Å²) in [6.45, 7) is 8.32. The smallest absolute Gasteiger partial charge is 0.105 e. The number of aryl methyl sites for hydroxylation is 2. The summed E-state index contributed by atoms with van der Waals surface area (Å²) >= 11 is 0. The normalized spacial score (nSPS) is 12.6. The Kier molecular flexibility index (Phi) is 4.15. The standard InChI is InChI=1S/C15H21N3/c1-12-6-4-5-7-15(12)13(2)16-8-10-18-11-9-17-14(18)3/h4-7,9,11,13,16H,8,10H2,1-3H3. The van der Waals surface area contributed by atoms with Crippen LogP contribution < -0.4 is 5.32 Å². The molecule has 2 aromatic rings. The van der Waals surface area contributed by atoms with Crippen LogP contribution in [0.2, 0.25) is 0 Å². The number of rotatable bonds is 5. The van der Waals surface area contributed by atoms with Crippen molar-refractivity contribution < 1.29 is 0 Å². The van der Waals surface area contributed by atoms with Crippen LogP contribution >= 0.6 is 0 Å². The van der Waals surface area contributed by atoms with Gasteiger partial charge in [0.25, 0.3) is 0 Å².